The first-order chi connectivity index (χ1) is 7.51. The zero-order valence-electron chi connectivity index (χ0n) is 9.16. The molecule has 3 N–H and O–H groups in total. The highest BCUT2D eigenvalue weighted by Gasteiger charge is 2.08. The number of primary amides is 1. The number of nitrogens with one attached hydrogen (secondary N) is 1. The van der Waals surface area contributed by atoms with Crippen molar-refractivity contribution in [1.82, 2.24) is 4.98 Å². The van der Waals surface area contributed by atoms with E-state index in [1.165, 1.54) is 24.8 Å². The van der Waals surface area contributed by atoms with Crippen LogP contribution in [-0.2, 0) is 9.59 Å². The van der Waals surface area contributed by atoms with E-state index in [2.05, 4.69) is 24.1 Å². The highest BCUT2D eigenvalue weighted by Crippen LogP contribution is 2.08. The molecule has 0 atom stereocenters. The number of carbonyl (C=O) groups is 2. The molecule has 0 fully saturated rings. The summed E-state index contributed by atoms with van der Waals surface area (Å²) in [5.41, 5.74) is 4.71. The van der Waals surface area contributed by atoms with Gasteiger partial charge in [0.2, 0.25) is 0 Å². The molecule has 1 aromatic heterocycles. The normalized spacial score (nSPS) is 8.69. The summed E-state index contributed by atoms with van der Waals surface area (Å²) in [5, 5.41) is 2.63. The van der Waals surface area contributed by atoms with E-state index >= 15 is 0 Å². The average Bonchev–Trinajstić information content (AvgIpc) is 2.22. The third-order valence-electron chi connectivity index (χ3n) is 1.19. The third-order valence-corrected chi connectivity index (χ3v) is 1.42. The number of carbonyl (C=O) groups excluding carboxylic acids is 2. The number of aromatic nitrogens is 1. The average molecular weight is 244 g/mol. The summed E-state index contributed by atoms with van der Waals surface area (Å²) < 4.78 is 0. The first-order valence-corrected chi connectivity index (χ1v) is 5.11. The van der Waals surface area contributed by atoms with Crippen LogP contribution in [0.25, 0.3) is 0 Å². The fourth-order valence-corrected chi connectivity index (χ4v) is 0.739. The summed E-state index contributed by atoms with van der Waals surface area (Å²) in [5.74, 6) is -1.74. The summed E-state index contributed by atoms with van der Waals surface area (Å²) in [6, 6.07) is 2.99. The van der Waals surface area contributed by atoms with Gasteiger partial charge in [-0.25, -0.2) is 4.98 Å². The van der Waals surface area contributed by atoms with E-state index in [1.807, 2.05) is 0 Å². The molecule has 0 saturated carbocycles. The van der Waals surface area contributed by atoms with Crippen molar-refractivity contribution in [2.24, 2.45) is 5.73 Å². The van der Waals surface area contributed by atoms with Crippen molar-refractivity contribution in [2.75, 3.05) is 5.32 Å². The Kier molecular flexibility index (Phi) is 6.87. The van der Waals surface area contributed by atoms with Crippen LogP contribution in [0.4, 0.5) is 5.82 Å². The fourth-order valence-electron chi connectivity index (χ4n) is 0.628. The highest BCUT2D eigenvalue weighted by atomic mass is 35.5. The van der Waals surface area contributed by atoms with Crippen LogP contribution in [-0.4, -0.2) is 16.8 Å². The van der Waals surface area contributed by atoms with Gasteiger partial charge in [0.25, 0.3) is 0 Å². The van der Waals surface area contributed by atoms with Crippen LogP contribution in [0.5, 0.6) is 0 Å². The minimum Gasteiger partial charge on any atom is -0.361 e. The minimum atomic E-state index is -1.06. The number of hydrogen-bond donors (Lipinski definition) is 2. The van der Waals surface area contributed by atoms with E-state index in [0.29, 0.717) is 5.02 Å². The van der Waals surface area contributed by atoms with Crippen LogP contribution < -0.4 is 11.1 Å². The fraction of sp³-hybridized carbons (Fsp3) is 0.300. The smallest absolute Gasteiger partial charge is 0.314 e. The zero-order chi connectivity index (χ0) is 12.6. The van der Waals surface area contributed by atoms with Crippen molar-refractivity contribution in [1.29, 1.82) is 0 Å². The van der Waals surface area contributed by atoms with Crippen LogP contribution in [0, 0.1) is 0 Å². The van der Waals surface area contributed by atoms with E-state index in [4.69, 9.17) is 17.3 Å². The maximum absolute atomic E-state index is 10.7. The Morgan fingerprint density at radius 2 is 2.00 bits per heavy atom. The predicted molar refractivity (Wildman–Crippen MR) is 63.0 cm³/mol. The second-order valence-corrected chi connectivity index (χ2v) is 3.32. The molecule has 0 aliphatic heterocycles. The largest absolute Gasteiger partial charge is 0.361 e. The third kappa shape index (κ3) is 5.98. The molecule has 16 heavy (non-hydrogen) atoms. The van der Waals surface area contributed by atoms with Crippen LogP contribution >= 0.6 is 11.6 Å². The van der Waals surface area contributed by atoms with E-state index in [-0.39, 0.29) is 5.82 Å². The number of nitrogens with zero attached hydrogens (tertiary/aromatic N) is 1. The molecule has 5 nitrogen and oxygen atoms in total. The van der Waals surface area contributed by atoms with Gasteiger partial charge in [0.05, 0.1) is 5.02 Å². The standard InChI is InChI=1S/C7H6ClN3O2.C3H8/c8-4-1-2-5(10-3-4)11-7(13)6(9)12;1-3-2/h1-3H,(H2,9,12)(H,10,11,13);3H2,1-2H3. The lowest BCUT2D eigenvalue weighted by molar-refractivity contribution is -0.134. The molecule has 1 rings (SSSR count). The second kappa shape index (κ2) is 7.64. The molecule has 0 aliphatic carbocycles. The Morgan fingerprint density at radius 3 is 2.38 bits per heavy atom. The Morgan fingerprint density at radius 1 is 1.44 bits per heavy atom. The molecule has 0 bridgehead atoms. The van der Waals surface area contributed by atoms with Crippen LogP contribution in [0.1, 0.15) is 20.3 Å². The number of amides is 2. The lowest BCUT2D eigenvalue weighted by atomic mass is 10.4. The molecule has 0 spiro atoms. The van der Waals surface area contributed by atoms with Gasteiger partial charge < -0.3 is 11.1 Å². The molecule has 6 heteroatoms. The Hall–Kier alpha value is -1.62. The number of hydrogen-bond acceptors (Lipinski definition) is 3. The molecule has 0 saturated heterocycles. The SMILES string of the molecule is CCC.NC(=O)C(=O)Nc1ccc(Cl)cn1. The van der Waals surface area contributed by atoms with E-state index in [0.717, 1.165) is 0 Å². The molecule has 0 radical (unpaired) electrons. The first-order valence-electron chi connectivity index (χ1n) is 4.73. The molecule has 0 aliphatic rings. The molecule has 1 aromatic rings. The van der Waals surface area contributed by atoms with Gasteiger partial charge in [-0.05, 0) is 12.1 Å². The van der Waals surface area contributed by atoms with Gasteiger partial charge in [-0.2, -0.15) is 0 Å². The van der Waals surface area contributed by atoms with Crippen molar-refractivity contribution in [3.63, 3.8) is 0 Å². The number of anilines is 1. The quantitative estimate of drug-likeness (QED) is 0.735. The lowest BCUT2D eigenvalue weighted by Gasteiger charge is -1.99. The van der Waals surface area contributed by atoms with Gasteiger partial charge in [0.1, 0.15) is 5.82 Å². The molecule has 0 aromatic carbocycles. The highest BCUT2D eigenvalue weighted by molar-refractivity contribution is 6.39. The number of halogens is 1. The minimum absolute atomic E-state index is 0.230. The van der Waals surface area contributed by atoms with Crippen molar-refractivity contribution < 1.29 is 9.59 Å². The molecule has 0 unspecified atom stereocenters. The molecular weight excluding hydrogens is 230 g/mol. The summed E-state index contributed by atoms with van der Waals surface area (Å²) in [4.78, 5) is 24.8. The maximum Gasteiger partial charge on any atom is 0.314 e. The van der Waals surface area contributed by atoms with Gasteiger partial charge in [-0.15, -0.1) is 0 Å². The summed E-state index contributed by atoms with van der Waals surface area (Å²) >= 11 is 5.54. The number of rotatable bonds is 1. The monoisotopic (exact) mass is 243 g/mol. The van der Waals surface area contributed by atoms with Crippen LogP contribution in [0.2, 0.25) is 5.02 Å². The number of pyridine rings is 1. The van der Waals surface area contributed by atoms with Crippen molar-refractivity contribution in [3.8, 4) is 0 Å². The van der Waals surface area contributed by atoms with Gasteiger partial charge in [-0.1, -0.05) is 31.9 Å². The Bertz CT molecular complexity index is 352. The van der Waals surface area contributed by atoms with Gasteiger partial charge in [0.15, 0.2) is 0 Å². The van der Waals surface area contributed by atoms with Crippen LogP contribution in [0.3, 0.4) is 0 Å². The summed E-state index contributed by atoms with van der Waals surface area (Å²) in [6.07, 6.45) is 2.60. The predicted octanol–water partition coefficient (Wildman–Crippen LogP) is 1.58. The van der Waals surface area contributed by atoms with Crippen molar-refractivity contribution >= 4 is 29.2 Å². The molecular formula is C10H14ClN3O2. The Balaban J connectivity index is 0.000000673. The maximum atomic E-state index is 10.7. The van der Waals surface area contributed by atoms with Crippen LogP contribution in [0.15, 0.2) is 18.3 Å². The van der Waals surface area contributed by atoms with Crippen molar-refractivity contribution in [3.05, 3.63) is 23.4 Å². The van der Waals surface area contributed by atoms with Crippen molar-refractivity contribution in [2.45, 2.75) is 20.3 Å². The van der Waals surface area contributed by atoms with E-state index in [1.54, 1.807) is 0 Å². The van der Waals surface area contributed by atoms with E-state index < -0.39 is 11.8 Å². The molecule has 1 heterocycles. The van der Waals surface area contributed by atoms with E-state index in [9.17, 15) is 9.59 Å². The van der Waals surface area contributed by atoms with Gasteiger partial charge in [0, 0.05) is 6.20 Å². The molecule has 88 valence electrons. The topological polar surface area (TPSA) is 85.1 Å². The first kappa shape index (κ1) is 14.4. The lowest BCUT2D eigenvalue weighted by Crippen LogP contribution is -2.29. The Labute approximate surface area is 99.0 Å². The number of nitrogens with two attached hydrogens (primary N) is 1. The van der Waals surface area contributed by atoms with Gasteiger partial charge in [-0.3, -0.25) is 9.59 Å². The van der Waals surface area contributed by atoms with Gasteiger partial charge >= 0.3 is 11.8 Å². The zero-order valence-corrected chi connectivity index (χ0v) is 9.91. The summed E-state index contributed by atoms with van der Waals surface area (Å²) in [7, 11) is 0. The second-order valence-electron chi connectivity index (χ2n) is 2.89. The summed E-state index contributed by atoms with van der Waals surface area (Å²) in [6.45, 7) is 4.25. The molecule has 2 amide bonds.